The minimum absolute atomic E-state index is 0.0933. The van der Waals surface area contributed by atoms with E-state index in [9.17, 15) is 24.8 Å². The van der Waals surface area contributed by atoms with E-state index in [0.717, 1.165) is 12.1 Å². The Morgan fingerprint density at radius 2 is 1.61 bits per heavy atom. The van der Waals surface area contributed by atoms with Crippen LogP contribution in [0.5, 0.6) is 0 Å². The minimum atomic E-state index is -1.54. The molecule has 0 spiro atoms. The third-order valence-corrected chi connectivity index (χ3v) is 2.92. The summed E-state index contributed by atoms with van der Waals surface area (Å²) in [6.45, 7) is 0. The second-order valence-corrected chi connectivity index (χ2v) is 4.51. The van der Waals surface area contributed by atoms with E-state index < -0.39 is 22.5 Å². The van der Waals surface area contributed by atoms with Crippen molar-refractivity contribution in [2.75, 3.05) is 0 Å². The topological polar surface area (TPSA) is 112 Å². The molecule has 116 valence electrons. The minimum Gasteiger partial charge on any atom is -0.543 e. The van der Waals surface area contributed by atoms with Crippen molar-refractivity contribution in [1.82, 2.24) is 5.32 Å². The Kier molecular flexibility index (Phi) is 4.83. The zero-order valence-electron chi connectivity index (χ0n) is 11.8. The van der Waals surface area contributed by atoms with Gasteiger partial charge >= 0.3 is 0 Å². The summed E-state index contributed by atoms with van der Waals surface area (Å²) >= 11 is 0. The number of carboxylic acid groups (broad SMARTS) is 1. The van der Waals surface area contributed by atoms with Crippen molar-refractivity contribution < 1.29 is 19.6 Å². The predicted molar refractivity (Wildman–Crippen MR) is 80.0 cm³/mol. The van der Waals surface area contributed by atoms with E-state index >= 15 is 0 Å². The lowest BCUT2D eigenvalue weighted by atomic mass is 10.1. The largest absolute Gasteiger partial charge is 0.543 e. The molecule has 0 aromatic heterocycles. The normalized spacial score (nSPS) is 10.9. The lowest BCUT2D eigenvalue weighted by Gasteiger charge is -2.11. The summed E-state index contributed by atoms with van der Waals surface area (Å²) in [5.41, 5.74) is 0.104. The molecule has 0 aliphatic carbocycles. The number of rotatable bonds is 5. The highest BCUT2D eigenvalue weighted by molar-refractivity contribution is 6.02. The molecule has 0 radical (unpaired) electrons. The summed E-state index contributed by atoms with van der Waals surface area (Å²) in [5, 5.41) is 23.9. The van der Waals surface area contributed by atoms with Gasteiger partial charge in [0, 0.05) is 17.7 Å². The molecule has 0 unspecified atom stereocenters. The highest BCUT2D eigenvalue weighted by Crippen LogP contribution is 2.12. The summed E-state index contributed by atoms with van der Waals surface area (Å²) in [7, 11) is 0. The van der Waals surface area contributed by atoms with Crippen molar-refractivity contribution in [3.05, 3.63) is 81.5 Å². The lowest BCUT2D eigenvalue weighted by Crippen LogP contribution is -2.35. The number of nitrogens with zero attached hydrogens (tertiary/aromatic N) is 1. The van der Waals surface area contributed by atoms with Gasteiger partial charge in [0.1, 0.15) is 0 Å². The molecule has 1 amide bonds. The first-order valence-electron chi connectivity index (χ1n) is 6.51. The Balaban J connectivity index is 2.20. The van der Waals surface area contributed by atoms with Crippen LogP contribution in [0.1, 0.15) is 15.9 Å². The number of nitro benzene ring substituents is 1. The maximum atomic E-state index is 12.0. The van der Waals surface area contributed by atoms with Crippen LogP contribution in [-0.2, 0) is 4.79 Å². The average Bonchev–Trinajstić information content (AvgIpc) is 2.55. The van der Waals surface area contributed by atoms with Crippen molar-refractivity contribution in [2.24, 2.45) is 0 Å². The van der Waals surface area contributed by atoms with Crippen molar-refractivity contribution in [2.45, 2.75) is 0 Å². The number of aliphatic carboxylic acids is 1. The van der Waals surface area contributed by atoms with E-state index in [4.69, 9.17) is 0 Å². The van der Waals surface area contributed by atoms with Gasteiger partial charge in [-0.15, -0.1) is 0 Å². The first-order chi connectivity index (χ1) is 11.0. The predicted octanol–water partition coefficient (Wildman–Crippen LogP) is 1.12. The SMILES string of the molecule is O=C([O-])C(=Cc1ccccc1)NC(=O)c1ccc([N+](=O)[O-])cc1. The summed E-state index contributed by atoms with van der Waals surface area (Å²) in [4.78, 5) is 33.1. The number of nitrogens with one attached hydrogen (secondary N) is 1. The van der Waals surface area contributed by atoms with Crippen molar-refractivity contribution in [3.63, 3.8) is 0 Å². The number of hydrogen-bond acceptors (Lipinski definition) is 5. The molecule has 0 fully saturated rings. The first-order valence-corrected chi connectivity index (χ1v) is 6.51. The van der Waals surface area contributed by atoms with Gasteiger partial charge in [-0.05, 0) is 23.8 Å². The van der Waals surface area contributed by atoms with E-state index in [0.29, 0.717) is 5.56 Å². The fourth-order valence-corrected chi connectivity index (χ4v) is 1.79. The highest BCUT2D eigenvalue weighted by Gasteiger charge is 2.11. The summed E-state index contributed by atoms with van der Waals surface area (Å²) in [5.74, 6) is -2.24. The maximum absolute atomic E-state index is 12.0. The number of non-ortho nitro benzene ring substituents is 1. The molecule has 23 heavy (non-hydrogen) atoms. The van der Waals surface area contributed by atoms with Gasteiger partial charge in [-0.25, -0.2) is 0 Å². The summed E-state index contributed by atoms with van der Waals surface area (Å²) in [6, 6.07) is 13.3. The number of hydrogen-bond donors (Lipinski definition) is 1. The van der Waals surface area contributed by atoms with Crippen LogP contribution in [0.3, 0.4) is 0 Å². The van der Waals surface area contributed by atoms with Crippen LogP contribution in [0.4, 0.5) is 5.69 Å². The van der Waals surface area contributed by atoms with E-state index in [2.05, 4.69) is 5.32 Å². The Morgan fingerprint density at radius 3 is 2.13 bits per heavy atom. The molecule has 2 aromatic rings. The zero-order valence-corrected chi connectivity index (χ0v) is 11.8. The molecule has 2 rings (SSSR count). The molecular weight excluding hydrogens is 300 g/mol. The Hall–Kier alpha value is -3.48. The number of carbonyl (C=O) groups excluding carboxylic acids is 2. The average molecular weight is 311 g/mol. The molecule has 0 aliphatic heterocycles. The number of amides is 1. The van der Waals surface area contributed by atoms with Crippen molar-refractivity contribution in [1.29, 1.82) is 0 Å². The summed E-state index contributed by atoms with van der Waals surface area (Å²) < 4.78 is 0. The van der Waals surface area contributed by atoms with E-state index in [1.165, 1.54) is 18.2 Å². The molecule has 0 bridgehead atoms. The third kappa shape index (κ3) is 4.24. The van der Waals surface area contributed by atoms with E-state index in [-0.39, 0.29) is 11.3 Å². The van der Waals surface area contributed by atoms with Crippen LogP contribution in [-0.4, -0.2) is 16.8 Å². The smallest absolute Gasteiger partial charge is 0.269 e. The standard InChI is InChI=1S/C16H12N2O5/c19-15(12-6-8-13(9-7-12)18(22)23)17-14(16(20)21)10-11-4-2-1-3-5-11/h1-10H,(H,17,19)(H,20,21)/p-1. The molecule has 7 nitrogen and oxygen atoms in total. The number of benzene rings is 2. The maximum Gasteiger partial charge on any atom is 0.269 e. The van der Waals surface area contributed by atoms with Gasteiger partial charge in [0.15, 0.2) is 0 Å². The second kappa shape index (κ2) is 6.99. The monoisotopic (exact) mass is 311 g/mol. The molecule has 0 aliphatic rings. The molecule has 0 heterocycles. The second-order valence-electron chi connectivity index (χ2n) is 4.51. The molecule has 0 atom stereocenters. The Morgan fingerprint density at radius 1 is 1.00 bits per heavy atom. The van der Waals surface area contributed by atoms with E-state index in [1.54, 1.807) is 30.3 Å². The molecule has 1 N–H and O–H groups in total. The molecular formula is C16H11N2O5-. The molecule has 0 saturated carbocycles. The fourth-order valence-electron chi connectivity index (χ4n) is 1.79. The number of carbonyl (C=O) groups is 2. The molecule has 7 heteroatoms. The van der Waals surface area contributed by atoms with Gasteiger partial charge < -0.3 is 15.2 Å². The first kappa shape index (κ1) is 15.9. The van der Waals surface area contributed by atoms with Crippen LogP contribution in [0.15, 0.2) is 60.3 Å². The number of carboxylic acids is 1. The van der Waals surface area contributed by atoms with Gasteiger partial charge in [-0.1, -0.05) is 30.3 Å². The van der Waals surface area contributed by atoms with Crippen LogP contribution < -0.4 is 10.4 Å². The Bertz CT molecular complexity index is 767. The molecule has 0 saturated heterocycles. The zero-order chi connectivity index (χ0) is 16.8. The van der Waals surface area contributed by atoms with Crippen LogP contribution >= 0.6 is 0 Å². The van der Waals surface area contributed by atoms with Gasteiger partial charge in [-0.3, -0.25) is 14.9 Å². The van der Waals surface area contributed by atoms with Gasteiger partial charge in [0.25, 0.3) is 11.6 Å². The fraction of sp³-hybridized carbons (Fsp3) is 0. The van der Waals surface area contributed by atoms with Crippen molar-refractivity contribution in [3.8, 4) is 0 Å². The van der Waals surface area contributed by atoms with Gasteiger partial charge in [0.05, 0.1) is 16.6 Å². The van der Waals surface area contributed by atoms with Gasteiger partial charge in [-0.2, -0.15) is 0 Å². The number of nitro groups is 1. The Labute approximate surface area is 131 Å². The third-order valence-electron chi connectivity index (χ3n) is 2.92. The lowest BCUT2D eigenvalue weighted by molar-refractivity contribution is -0.384. The van der Waals surface area contributed by atoms with E-state index in [1.807, 2.05) is 0 Å². The van der Waals surface area contributed by atoms with Gasteiger partial charge in [0.2, 0.25) is 0 Å². The summed E-state index contributed by atoms with van der Waals surface area (Å²) in [6.07, 6.45) is 1.26. The van der Waals surface area contributed by atoms with Crippen LogP contribution in [0, 0.1) is 10.1 Å². The highest BCUT2D eigenvalue weighted by atomic mass is 16.6. The van der Waals surface area contributed by atoms with Crippen LogP contribution in [0.25, 0.3) is 6.08 Å². The van der Waals surface area contributed by atoms with Crippen LogP contribution in [0.2, 0.25) is 0 Å². The van der Waals surface area contributed by atoms with Crippen molar-refractivity contribution >= 4 is 23.6 Å². The quantitative estimate of drug-likeness (QED) is 0.505. The molecule has 2 aromatic carbocycles.